The summed E-state index contributed by atoms with van der Waals surface area (Å²) in [6, 6.07) is 0. The smallest absolute Gasteiger partial charge is 0.0817 e. The van der Waals surface area contributed by atoms with E-state index in [2.05, 4.69) is 37.2 Å². The molecule has 62 valence electrons. The van der Waals surface area contributed by atoms with Crippen LogP contribution in [0.5, 0.6) is 0 Å². The van der Waals surface area contributed by atoms with Gasteiger partial charge >= 0.3 is 0 Å². The first-order valence-corrected chi connectivity index (χ1v) is 4.66. The van der Waals surface area contributed by atoms with Crippen molar-refractivity contribution in [2.24, 2.45) is 5.92 Å². The summed E-state index contributed by atoms with van der Waals surface area (Å²) in [7, 11) is 5.16. The Balaban J connectivity index is 3.64. The summed E-state index contributed by atoms with van der Waals surface area (Å²) >= 11 is 0. The lowest BCUT2D eigenvalue weighted by Gasteiger charge is -2.30. The third-order valence-electron chi connectivity index (χ3n) is 2.15. The van der Waals surface area contributed by atoms with Gasteiger partial charge in [0.2, 0.25) is 0 Å². The van der Waals surface area contributed by atoms with Gasteiger partial charge in [-0.25, -0.2) is 0 Å². The second kappa shape index (κ2) is 4.31. The molecule has 1 nitrogen and oxygen atoms in total. The molecule has 2 heteroatoms. The van der Waals surface area contributed by atoms with E-state index in [9.17, 15) is 0 Å². The minimum absolute atomic E-state index is 0.849. The Hall–Kier alpha value is 0.390. The van der Waals surface area contributed by atoms with Crippen molar-refractivity contribution in [1.29, 1.82) is 0 Å². The first kappa shape index (κ1) is 10.4. The molecule has 0 fully saturated rings. The van der Waals surface area contributed by atoms with Crippen LogP contribution in [0.4, 0.5) is 0 Å². The molecule has 0 aliphatic heterocycles. The van der Waals surface area contributed by atoms with Gasteiger partial charge in [-0.3, -0.25) is 0 Å². The summed E-state index contributed by atoms with van der Waals surface area (Å²) in [6.07, 6.45) is 1.29. The van der Waals surface area contributed by atoms with Crippen molar-refractivity contribution < 1.29 is 4.25 Å². The Labute approximate surface area is 67.6 Å². The van der Waals surface area contributed by atoms with Gasteiger partial charge in [-0.15, -0.1) is 0 Å². The number of rotatable bonds is 4. The second-order valence-electron chi connectivity index (χ2n) is 3.49. The van der Waals surface area contributed by atoms with Crippen LogP contribution >= 0.6 is 9.39 Å². The Morgan fingerprint density at radius 3 is 2.20 bits per heavy atom. The van der Waals surface area contributed by atoms with E-state index in [1.807, 2.05) is 0 Å². The normalized spacial score (nSPS) is 20.1. The fourth-order valence-electron chi connectivity index (χ4n) is 0.970. The summed E-state index contributed by atoms with van der Waals surface area (Å²) in [4.78, 5) is 0. The van der Waals surface area contributed by atoms with Gasteiger partial charge in [0.05, 0.1) is 29.5 Å². The highest BCUT2D eigenvalue weighted by Crippen LogP contribution is 2.15. The van der Waals surface area contributed by atoms with Crippen LogP contribution in [0, 0.1) is 5.92 Å². The maximum Gasteiger partial charge on any atom is 0.0817 e. The molecule has 3 atom stereocenters. The molecule has 0 aromatic heterocycles. The van der Waals surface area contributed by atoms with Crippen LogP contribution in [0.1, 0.15) is 27.2 Å². The molecule has 10 heavy (non-hydrogen) atoms. The zero-order valence-electron chi connectivity index (χ0n) is 7.72. The molecule has 0 aromatic carbocycles. The Morgan fingerprint density at radius 2 is 1.90 bits per heavy atom. The van der Waals surface area contributed by atoms with Gasteiger partial charge < -0.3 is 4.25 Å². The first-order chi connectivity index (χ1) is 4.52. The molecule has 0 radical (unpaired) electrons. The Morgan fingerprint density at radius 1 is 1.40 bits per heavy atom. The lowest BCUT2D eigenvalue weighted by Crippen LogP contribution is -2.36. The topological polar surface area (TPSA) is 0 Å². The monoisotopic (exact) mass is 162 g/mol. The fourth-order valence-corrected chi connectivity index (χ4v) is 1.33. The molecule has 0 aliphatic rings. The number of hydrogen-bond donors (Lipinski definition) is 0. The van der Waals surface area contributed by atoms with Crippen molar-refractivity contribution in [3.05, 3.63) is 0 Å². The zero-order valence-corrected chi connectivity index (χ0v) is 8.88. The number of hydrogen-bond acceptors (Lipinski definition) is 0. The molecule has 0 spiro atoms. The van der Waals surface area contributed by atoms with Crippen molar-refractivity contribution in [2.75, 3.05) is 20.1 Å². The molecule has 0 aliphatic carbocycles. The maximum atomic E-state index is 2.90. The SMILES string of the molecule is CCC(C)C[N+](C)(P)CC. The lowest BCUT2D eigenvalue weighted by atomic mass is 10.1. The van der Waals surface area contributed by atoms with Gasteiger partial charge in [-0.05, 0) is 13.3 Å². The van der Waals surface area contributed by atoms with Crippen LogP contribution < -0.4 is 0 Å². The molecule has 0 amide bonds. The van der Waals surface area contributed by atoms with E-state index in [0.29, 0.717) is 0 Å². The van der Waals surface area contributed by atoms with Gasteiger partial charge in [0, 0.05) is 5.92 Å². The highest BCUT2D eigenvalue weighted by molar-refractivity contribution is 7.08. The number of nitrogens with zero attached hydrogens (tertiary/aromatic N) is 1. The highest BCUT2D eigenvalue weighted by atomic mass is 31.0. The highest BCUT2D eigenvalue weighted by Gasteiger charge is 2.15. The van der Waals surface area contributed by atoms with Crippen LogP contribution in [0.3, 0.4) is 0 Å². The van der Waals surface area contributed by atoms with E-state index >= 15 is 0 Å². The summed E-state index contributed by atoms with van der Waals surface area (Å²) in [5.74, 6) is 0.849. The first-order valence-electron chi connectivity index (χ1n) is 4.15. The van der Waals surface area contributed by atoms with Gasteiger partial charge in [0.15, 0.2) is 0 Å². The zero-order chi connectivity index (χ0) is 8.20. The number of quaternary nitrogens is 1. The predicted molar refractivity (Wildman–Crippen MR) is 50.8 cm³/mol. The molecular formula is C8H21NP+. The Kier molecular flexibility index (Phi) is 4.47. The van der Waals surface area contributed by atoms with Crippen molar-refractivity contribution in [2.45, 2.75) is 27.2 Å². The minimum atomic E-state index is 0.849. The van der Waals surface area contributed by atoms with E-state index in [4.69, 9.17) is 0 Å². The van der Waals surface area contributed by atoms with Crippen molar-refractivity contribution in [3.63, 3.8) is 0 Å². The standard InChI is InChI=1S/C8H21NP/c1-5-8(3)7-9(4,10)6-2/h8H,5-7,10H2,1-4H3/q+1. The third-order valence-corrected chi connectivity index (χ3v) is 2.72. The van der Waals surface area contributed by atoms with Gasteiger partial charge in [-0.1, -0.05) is 13.8 Å². The Bertz CT molecular complexity index is 91.3. The average Bonchev–Trinajstić information content (AvgIpc) is 1.87. The van der Waals surface area contributed by atoms with Crippen LogP contribution in [-0.2, 0) is 0 Å². The third kappa shape index (κ3) is 4.24. The second-order valence-corrected chi connectivity index (χ2v) is 4.74. The van der Waals surface area contributed by atoms with Crippen molar-refractivity contribution in [1.82, 2.24) is 0 Å². The van der Waals surface area contributed by atoms with E-state index in [0.717, 1.165) is 10.2 Å². The summed E-state index contributed by atoms with van der Waals surface area (Å²) < 4.78 is 1.08. The van der Waals surface area contributed by atoms with E-state index < -0.39 is 0 Å². The summed E-state index contributed by atoms with van der Waals surface area (Å²) in [5.41, 5.74) is 0. The van der Waals surface area contributed by atoms with E-state index in [-0.39, 0.29) is 0 Å². The summed E-state index contributed by atoms with van der Waals surface area (Å²) in [5, 5.41) is 0. The fraction of sp³-hybridized carbons (Fsp3) is 1.00. The predicted octanol–water partition coefficient (Wildman–Crippen LogP) is 2.29. The molecule has 0 saturated heterocycles. The van der Waals surface area contributed by atoms with Crippen LogP contribution in [-0.4, -0.2) is 24.4 Å². The van der Waals surface area contributed by atoms with E-state index in [1.54, 1.807) is 0 Å². The van der Waals surface area contributed by atoms with Gasteiger partial charge in [0.25, 0.3) is 0 Å². The van der Waals surface area contributed by atoms with Crippen LogP contribution in [0.2, 0.25) is 0 Å². The largest absolute Gasteiger partial charge is 0.317 e. The molecular weight excluding hydrogens is 141 g/mol. The van der Waals surface area contributed by atoms with Crippen molar-refractivity contribution in [3.8, 4) is 0 Å². The molecule has 0 bridgehead atoms. The summed E-state index contributed by atoms with van der Waals surface area (Å²) in [6.45, 7) is 9.28. The minimum Gasteiger partial charge on any atom is -0.317 e. The van der Waals surface area contributed by atoms with E-state index in [1.165, 1.54) is 19.5 Å². The molecule has 0 aromatic rings. The molecule has 0 rings (SSSR count). The molecule has 0 heterocycles. The maximum absolute atomic E-state index is 2.90. The van der Waals surface area contributed by atoms with Gasteiger partial charge in [-0.2, -0.15) is 0 Å². The molecule has 0 N–H and O–H groups in total. The quantitative estimate of drug-likeness (QED) is 0.556. The molecule has 0 saturated carbocycles. The van der Waals surface area contributed by atoms with Crippen molar-refractivity contribution >= 4 is 9.39 Å². The van der Waals surface area contributed by atoms with Crippen LogP contribution in [0.25, 0.3) is 0 Å². The lowest BCUT2D eigenvalue weighted by molar-refractivity contribution is -0.780. The van der Waals surface area contributed by atoms with Gasteiger partial charge in [0.1, 0.15) is 0 Å². The average molecular weight is 162 g/mol. The molecule has 3 unspecified atom stereocenters. The van der Waals surface area contributed by atoms with Crippen LogP contribution in [0.15, 0.2) is 0 Å².